The fourth-order valence-electron chi connectivity index (χ4n) is 3.49. The van der Waals surface area contributed by atoms with Gasteiger partial charge >= 0.3 is 0 Å². The number of nitrogens with one attached hydrogen (secondary N) is 1. The highest BCUT2D eigenvalue weighted by atomic mass is 16.5. The molecule has 2 aliphatic rings. The Hall–Kier alpha value is -0.940. The Balaban J connectivity index is 1.46. The minimum absolute atomic E-state index is 0.209. The summed E-state index contributed by atoms with van der Waals surface area (Å²) in [5.74, 6) is 1.05. The van der Waals surface area contributed by atoms with Gasteiger partial charge in [0.15, 0.2) is 0 Å². The molecule has 0 amide bonds. The first-order valence-electron chi connectivity index (χ1n) is 7.48. The topological polar surface area (TPSA) is 52.0 Å². The zero-order valence-corrected chi connectivity index (χ0v) is 11.8. The quantitative estimate of drug-likeness (QED) is 0.894. The van der Waals surface area contributed by atoms with Crippen molar-refractivity contribution in [1.82, 2.24) is 20.1 Å². The monoisotopic (exact) mass is 264 g/mol. The van der Waals surface area contributed by atoms with Crippen molar-refractivity contribution in [3.8, 4) is 0 Å². The summed E-state index contributed by atoms with van der Waals surface area (Å²) in [6.45, 7) is 1.90. The summed E-state index contributed by atoms with van der Waals surface area (Å²) in [4.78, 5) is 0. The maximum atomic E-state index is 6.06. The number of hydrogen-bond acceptors (Lipinski definition) is 4. The lowest BCUT2D eigenvalue weighted by molar-refractivity contribution is -0.0834. The van der Waals surface area contributed by atoms with Gasteiger partial charge in [-0.05, 0) is 25.7 Å². The van der Waals surface area contributed by atoms with Gasteiger partial charge in [0.25, 0.3) is 0 Å². The lowest BCUT2D eigenvalue weighted by atomic mass is 9.89. The minimum Gasteiger partial charge on any atom is -0.375 e. The third-order valence-electron chi connectivity index (χ3n) is 4.59. The van der Waals surface area contributed by atoms with Crippen LogP contribution in [0.5, 0.6) is 0 Å². The molecule has 5 nitrogen and oxygen atoms in total. The molecule has 1 atom stereocenters. The van der Waals surface area contributed by atoms with Crippen LogP contribution in [0.25, 0.3) is 0 Å². The molecular weight excluding hydrogens is 240 g/mol. The van der Waals surface area contributed by atoms with Crippen LogP contribution in [0, 0.1) is 0 Å². The summed E-state index contributed by atoms with van der Waals surface area (Å²) in [6, 6.07) is 0.611. The molecule has 1 saturated carbocycles. The molecule has 1 spiro atoms. The average molecular weight is 264 g/mol. The van der Waals surface area contributed by atoms with Gasteiger partial charge in [-0.15, -0.1) is 10.2 Å². The van der Waals surface area contributed by atoms with Gasteiger partial charge < -0.3 is 14.6 Å². The molecule has 1 aliphatic heterocycles. The third-order valence-corrected chi connectivity index (χ3v) is 4.59. The summed E-state index contributed by atoms with van der Waals surface area (Å²) >= 11 is 0. The predicted molar refractivity (Wildman–Crippen MR) is 72.9 cm³/mol. The standard InChI is InChI=1S/C14H24N4O/c1-18-11-16-17-13(18)4-8-15-12-5-9-19-14(10-12)6-2-3-7-14/h11-12,15H,2-10H2,1H3. The summed E-state index contributed by atoms with van der Waals surface area (Å²) in [5, 5.41) is 11.7. The highest BCUT2D eigenvalue weighted by Gasteiger charge is 2.39. The molecule has 19 heavy (non-hydrogen) atoms. The van der Waals surface area contributed by atoms with Crippen LogP contribution in [-0.2, 0) is 18.2 Å². The van der Waals surface area contributed by atoms with Crippen molar-refractivity contribution in [1.29, 1.82) is 0 Å². The number of rotatable bonds is 4. The van der Waals surface area contributed by atoms with E-state index in [1.54, 1.807) is 6.33 Å². The molecule has 0 bridgehead atoms. The number of aromatic nitrogens is 3. The van der Waals surface area contributed by atoms with E-state index in [4.69, 9.17) is 4.74 Å². The summed E-state index contributed by atoms with van der Waals surface area (Å²) < 4.78 is 8.05. The van der Waals surface area contributed by atoms with Crippen LogP contribution in [0.2, 0.25) is 0 Å². The zero-order valence-electron chi connectivity index (χ0n) is 11.8. The molecule has 1 aromatic heterocycles. The summed E-state index contributed by atoms with van der Waals surface area (Å²) in [5.41, 5.74) is 0.209. The van der Waals surface area contributed by atoms with Crippen LogP contribution in [0.4, 0.5) is 0 Å². The van der Waals surface area contributed by atoms with Crippen molar-refractivity contribution in [3.05, 3.63) is 12.2 Å². The van der Waals surface area contributed by atoms with Crippen LogP contribution >= 0.6 is 0 Å². The first-order valence-corrected chi connectivity index (χ1v) is 7.48. The maximum absolute atomic E-state index is 6.06. The van der Waals surface area contributed by atoms with Gasteiger partial charge in [-0.3, -0.25) is 0 Å². The summed E-state index contributed by atoms with van der Waals surface area (Å²) in [7, 11) is 2.00. The molecule has 1 saturated heterocycles. The first kappa shape index (κ1) is 13.1. The van der Waals surface area contributed by atoms with E-state index < -0.39 is 0 Å². The average Bonchev–Trinajstić information content (AvgIpc) is 3.01. The van der Waals surface area contributed by atoms with Gasteiger partial charge in [0, 0.05) is 32.7 Å². The molecule has 106 valence electrons. The SMILES string of the molecule is Cn1cnnc1CCNC1CCOC2(CCCC2)C1. The van der Waals surface area contributed by atoms with Crippen LogP contribution in [0.3, 0.4) is 0 Å². The van der Waals surface area contributed by atoms with Gasteiger partial charge in [-0.25, -0.2) is 0 Å². The fraction of sp³-hybridized carbons (Fsp3) is 0.857. The second kappa shape index (κ2) is 5.59. The smallest absolute Gasteiger partial charge is 0.133 e. The van der Waals surface area contributed by atoms with E-state index in [-0.39, 0.29) is 5.60 Å². The highest BCUT2D eigenvalue weighted by molar-refractivity contribution is 4.94. The Bertz CT molecular complexity index is 411. The van der Waals surface area contributed by atoms with E-state index in [9.17, 15) is 0 Å². The number of nitrogens with zero attached hydrogens (tertiary/aromatic N) is 3. The van der Waals surface area contributed by atoms with Gasteiger partial charge in [0.2, 0.25) is 0 Å². The van der Waals surface area contributed by atoms with Crippen LogP contribution in [0.1, 0.15) is 44.3 Å². The van der Waals surface area contributed by atoms with E-state index >= 15 is 0 Å². The second-order valence-corrected chi connectivity index (χ2v) is 5.99. The number of aryl methyl sites for hydroxylation is 1. The molecule has 3 rings (SSSR count). The Morgan fingerprint density at radius 3 is 3.05 bits per heavy atom. The van der Waals surface area contributed by atoms with E-state index in [0.29, 0.717) is 6.04 Å². The molecule has 0 aromatic carbocycles. The van der Waals surface area contributed by atoms with Crippen molar-refractivity contribution in [2.45, 2.75) is 56.6 Å². The highest BCUT2D eigenvalue weighted by Crippen LogP contribution is 2.39. The van der Waals surface area contributed by atoms with E-state index in [1.165, 1.54) is 32.1 Å². The molecule has 1 N–H and O–H groups in total. The Morgan fingerprint density at radius 1 is 1.47 bits per heavy atom. The van der Waals surface area contributed by atoms with E-state index in [1.807, 2.05) is 11.6 Å². The van der Waals surface area contributed by atoms with Gasteiger partial charge in [0.1, 0.15) is 12.2 Å². The Morgan fingerprint density at radius 2 is 2.32 bits per heavy atom. The largest absolute Gasteiger partial charge is 0.375 e. The molecular formula is C14H24N4O. The van der Waals surface area contributed by atoms with Crippen molar-refractivity contribution < 1.29 is 4.74 Å². The molecule has 2 fully saturated rings. The fourth-order valence-corrected chi connectivity index (χ4v) is 3.49. The molecule has 1 aromatic rings. The number of ether oxygens (including phenoxy) is 1. The predicted octanol–water partition coefficient (Wildman–Crippen LogP) is 1.44. The van der Waals surface area contributed by atoms with Gasteiger partial charge in [-0.1, -0.05) is 12.8 Å². The second-order valence-electron chi connectivity index (χ2n) is 5.99. The van der Waals surface area contributed by atoms with E-state index in [2.05, 4.69) is 15.5 Å². The van der Waals surface area contributed by atoms with Crippen LogP contribution in [-0.4, -0.2) is 39.6 Å². The normalized spacial score (nSPS) is 26.1. The van der Waals surface area contributed by atoms with Gasteiger partial charge in [-0.2, -0.15) is 0 Å². The zero-order chi connectivity index (χ0) is 13.1. The van der Waals surface area contributed by atoms with Crippen molar-refractivity contribution >= 4 is 0 Å². The Labute approximate surface area is 114 Å². The lowest BCUT2D eigenvalue weighted by Crippen LogP contribution is -2.46. The molecule has 0 radical (unpaired) electrons. The minimum atomic E-state index is 0.209. The van der Waals surface area contributed by atoms with Gasteiger partial charge in [0.05, 0.1) is 5.60 Å². The van der Waals surface area contributed by atoms with Crippen molar-refractivity contribution in [2.24, 2.45) is 7.05 Å². The molecule has 5 heteroatoms. The first-order chi connectivity index (χ1) is 9.27. The molecule has 2 heterocycles. The number of hydrogen-bond donors (Lipinski definition) is 1. The third kappa shape index (κ3) is 2.98. The maximum Gasteiger partial charge on any atom is 0.133 e. The van der Waals surface area contributed by atoms with Crippen molar-refractivity contribution in [2.75, 3.05) is 13.2 Å². The van der Waals surface area contributed by atoms with Crippen molar-refractivity contribution in [3.63, 3.8) is 0 Å². The van der Waals surface area contributed by atoms with Crippen LogP contribution < -0.4 is 5.32 Å². The Kier molecular flexibility index (Phi) is 3.84. The molecule has 1 aliphatic carbocycles. The summed E-state index contributed by atoms with van der Waals surface area (Å²) in [6.07, 6.45) is 10.2. The lowest BCUT2D eigenvalue weighted by Gasteiger charge is -2.38. The molecule has 1 unspecified atom stereocenters. The van der Waals surface area contributed by atoms with E-state index in [0.717, 1.165) is 31.8 Å². The van der Waals surface area contributed by atoms with Crippen LogP contribution in [0.15, 0.2) is 6.33 Å².